The summed E-state index contributed by atoms with van der Waals surface area (Å²) in [5.41, 5.74) is 3.31. The lowest BCUT2D eigenvalue weighted by Gasteiger charge is -2.26. The normalized spacial score (nSPS) is 13.2. The van der Waals surface area contributed by atoms with Crippen molar-refractivity contribution in [1.29, 1.82) is 0 Å². The number of unbranched alkanes of at least 4 members (excludes halogenated alkanes) is 1. The number of hydrogen-bond acceptors (Lipinski definition) is 4. The molecule has 0 fully saturated rings. The highest BCUT2D eigenvalue weighted by molar-refractivity contribution is 5.05. The molecule has 4 heteroatoms. The van der Waals surface area contributed by atoms with Crippen molar-refractivity contribution in [2.45, 2.75) is 66.2 Å². The fourth-order valence-electron chi connectivity index (χ4n) is 2.45. The molecule has 0 saturated carbocycles. The van der Waals surface area contributed by atoms with Gasteiger partial charge in [-0.1, -0.05) is 34.9 Å². The summed E-state index contributed by atoms with van der Waals surface area (Å²) >= 11 is 0. The van der Waals surface area contributed by atoms with E-state index < -0.39 is 5.41 Å². The minimum Gasteiger partial charge on any atom is -0.396 e. The predicted octanol–water partition coefficient (Wildman–Crippen LogP) is 4.17. The highest BCUT2D eigenvalue weighted by atomic mass is 16.5. The topological polar surface area (TPSA) is 69.9 Å². The Labute approximate surface area is 160 Å². The maximum absolute atomic E-state index is 9.23. The van der Waals surface area contributed by atoms with E-state index in [9.17, 15) is 15.3 Å². The molecule has 0 rings (SSSR count). The SMILES string of the molecule is CC(C)=CCC/C(C)=C/CCC(C)=CCCCOCC(CO)(CO)CO. The van der Waals surface area contributed by atoms with Gasteiger partial charge in [-0.2, -0.15) is 0 Å². The van der Waals surface area contributed by atoms with E-state index in [1.54, 1.807) is 0 Å². The average molecular weight is 369 g/mol. The van der Waals surface area contributed by atoms with E-state index in [0.717, 1.165) is 38.5 Å². The molecule has 0 aliphatic carbocycles. The molecule has 0 aliphatic rings. The first kappa shape index (κ1) is 25.1. The van der Waals surface area contributed by atoms with E-state index in [-0.39, 0.29) is 26.4 Å². The Morgan fingerprint density at radius 3 is 1.77 bits per heavy atom. The van der Waals surface area contributed by atoms with Gasteiger partial charge in [-0.05, 0) is 66.2 Å². The molecular weight excluding hydrogens is 328 g/mol. The first-order valence-electron chi connectivity index (χ1n) is 9.74. The molecular formula is C22H40O4. The number of ether oxygens (including phenoxy) is 1. The molecule has 0 radical (unpaired) electrons. The molecule has 0 unspecified atom stereocenters. The summed E-state index contributed by atoms with van der Waals surface area (Å²) in [6.07, 6.45) is 13.2. The molecule has 0 bridgehead atoms. The second-order valence-corrected chi connectivity index (χ2v) is 7.63. The van der Waals surface area contributed by atoms with Crippen molar-refractivity contribution in [3.05, 3.63) is 34.9 Å². The Bertz CT molecular complexity index is 433. The van der Waals surface area contributed by atoms with Gasteiger partial charge in [-0.25, -0.2) is 0 Å². The summed E-state index contributed by atoms with van der Waals surface area (Å²) in [7, 11) is 0. The Kier molecular flexibility index (Phi) is 14.6. The second kappa shape index (κ2) is 15.2. The molecule has 152 valence electrons. The molecule has 0 saturated heterocycles. The molecule has 0 spiro atoms. The van der Waals surface area contributed by atoms with Crippen LogP contribution in [0.3, 0.4) is 0 Å². The standard InChI is InChI=1S/C22H40O4/c1-19(2)9-7-11-21(4)13-8-12-20(3)10-5-6-14-26-18-22(15-23,16-24)17-25/h9-10,13,23-25H,5-8,11-12,14-18H2,1-4H3/b20-10?,21-13+. The van der Waals surface area contributed by atoms with Crippen LogP contribution in [0.5, 0.6) is 0 Å². The molecule has 0 aromatic carbocycles. The summed E-state index contributed by atoms with van der Waals surface area (Å²) in [6, 6.07) is 0. The number of hydrogen-bond donors (Lipinski definition) is 3. The molecule has 0 heterocycles. The van der Waals surface area contributed by atoms with Crippen LogP contribution in [0.15, 0.2) is 34.9 Å². The summed E-state index contributed by atoms with van der Waals surface area (Å²) in [6.45, 7) is 8.56. The van der Waals surface area contributed by atoms with Crippen molar-refractivity contribution in [3.8, 4) is 0 Å². The third kappa shape index (κ3) is 12.4. The Morgan fingerprint density at radius 2 is 1.27 bits per heavy atom. The van der Waals surface area contributed by atoms with Gasteiger partial charge >= 0.3 is 0 Å². The van der Waals surface area contributed by atoms with Gasteiger partial charge in [-0.15, -0.1) is 0 Å². The highest BCUT2D eigenvalue weighted by Crippen LogP contribution is 2.16. The predicted molar refractivity (Wildman–Crippen MR) is 109 cm³/mol. The largest absolute Gasteiger partial charge is 0.396 e. The van der Waals surface area contributed by atoms with Crippen LogP contribution in [0.4, 0.5) is 0 Å². The van der Waals surface area contributed by atoms with Crippen LogP contribution < -0.4 is 0 Å². The fraction of sp³-hybridized carbons (Fsp3) is 0.727. The lowest BCUT2D eigenvalue weighted by molar-refractivity contribution is -0.0579. The number of aliphatic hydroxyl groups is 3. The van der Waals surface area contributed by atoms with Crippen LogP contribution in [0.2, 0.25) is 0 Å². The molecule has 0 aromatic heterocycles. The third-order valence-electron chi connectivity index (χ3n) is 4.52. The van der Waals surface area contributed by atoms with Crippen LogP contribution >= 0.6 is 0 Å². The highest BCUT2D eigenvalue weighted by Gasteiger charge is 2.28. The number of aliphatic hydroxyl groups excluding tert-OH is 3. The molecule has 26 heavy (non-hydrogen) atoms. The van der Waals surface area contributed by atoms with Gasteiger partial charge in [0.15, 0.2) is 0 Å². The zero-order valence-corrected chi connectivity index (χ0v) is 17.3. The van der Waals surface area contributed by atoms with Crippen LogP contribution in [0, 0.1) is 5.41 Å². The zero-order valence-electron chi connectivity index (χ0n) is 17.3. The maximum Gasteiger partial charge on any atom is 0.0629 e. The van der Waals surface area contributed by atoms with Crippen molar-refractivity contribution in [2.24, 2.45) is 5.41 Å². The number of rotatable bonds is 15. The molecule has 0 atom stereocenters. The Morgan fingerprint density at radius 1 is 0.769 bits per heavy atom. The van der Waals surface area contributed by atoms with Gasteiger partial charge < -0.3 is 20.1 Å². The zero-order chi connectivity index (χ0) is 19.8. The van der Waals surface area contributed by atoms with Gasteiger partial charge in [0.2, 0.25) is 0 Å². The smallest absolute Gasteiger partial charge is 0.0629 e. The van der Waals surface area contributed by atoms with Crippen molar-refractivity contribution >= 4 is 0 Å². The summed E-state index contributed by atoms with van der Waals surface area (Å²) in [5, 5.41) is 27.7. The summed E-state index contributed by atoms with van der Waals surface area (Å²) in [4.78, 5) is 0. The molecule has 0 aliphatic heterocycles. The van der Waals surface area contributed by atoms with Gasteiger partial charge in [0.25, 0.3) is 0 Å². The van der Waals surface area contributed by atoms with E-state index >= 15 is 0 Å². The maximum atomic E-state index is 9.23. The van der Waals surface area contributed by atoms with E-state index in [1.165, 1.54) is 16.7 Å². The van der Waals surface area contributed by atoms with Crippen molar-refractivity contribution in [1.82, 2.24) is 0 Å². The summed E-state index contributed by atoms with van der Waals surface area (Å²) in [5.74, 6) is 0. The van der Waals surface area contributed by atoms with Crippen LogP contribution in [-0.4, -0.2) is 48.4 Å². The van der Waals surface area contributed by atoms with Gasteiger partial charge in [0, 0.05) is 6.61 Å². The second-order valence-electron chi connectivity index (χ2n) is 7.63. The van der Waals surface area contributed by atoms with Crippen LogP contribution in [0.25, 0.3) is 0 Å². The Balaban J connectivity index is 3.90. The monoisotopic (exact) mass is 368 g/mol. The minimum absolute atomic E-state index is 0.177. The van der Waals surface area contributed by atoms with Crippen molar-refractivity contribution in [2.75, 3.05) is 33.0 Å². The first-order valence-corrected chi connectivity index (χ1v) is 9.74. The summed E-state index contributed by atoms with van der Waals surface area (Å²) < 4.78 is 5.50. The number of allylic oxidation sites excluding steroid dienone is 6. The molecule has 0 aromatic rings. The third-order valence-corrected chi connectivity index (χ3v) is 4.52. The van der Waals surface area contributed by atoms with Gasteiger partial charge in [-0.3, -0.25) is 0 Å². The van der Waals surface area contributed by atoms with Crippen molar-refractivity contribution in [3.63, 3.8) is 0 Å². The van der Waals surface area contributed by atoms with Crippen molar-refractivity contribution < 1.29 is 20.1 Å². The lowest BCUT2D eigenvalue weighted by Crippen LogP contribution is -2.38. The first-order chi connectivity index (χ1) is 12.4. The fourth-order valence-corrected chi connectivity index (χ4v) is 2.45. The van der Waals surface area contributed by atoms with Gasteiger partial charge in [0.1, 0.15) is 0 Å². The molecule has 3 N–H and O–H groups in total. The Hall–Kier alpha value is -0.940. The minimum atomic E-state index is -0.929. The lowest BCUT2D eigenvalue weighted by atomic mass is 9.93. The van der Waals surface area contributed by atoms with E-state index in [1.807, 2.05) is 0 Å². The molecule has 0 amide bonds. The van der Waals surface area contributed by atoms with E-state index in [0.29, 0.717) is 6.61 Å². The average Bonchev–Trinajstić information content (AvgIpc) is 2.61. The van der Waals surface area contributed by atoms with Gasteiger partial charge in [0.05, 0.1) is 31.8 Å². The van der Waals surface area contributed by atoms with Crippen LogP contribution in [-0.2, 0) is 4.74 Å². The molecule has 4 nitrogen and oxygen atoms in total. The quantitative estimate of drug-likeness (QED) is 0.300. The van der Waals surface area contributed by atoms with E-state index in [2.05, 4.69) is 45.9 Å². The van der Waals surface area contributed by atoms with Crippen LogP contribution in [0.1, 0.15) is 66.2 Å². The van der Waals surface area contributed by atoms with E-state index in [4.69, 9.17) is 4.74 Å².